The molecular weight excluding hydrogens is 240 g/mol. The van der Waals surface area contributed by atoms with Gasteiger partial charge in [-0.05, 0) is 40.0 Å². The van der Waals surface area contributed by atoms with Gasteiger partial charge in [-0.2, -0.15) is 0 Å². The maximum Gasteiger partial charge on any atom is 0.0790 e. The molecule has 0 radical (unpaired) electrons. The fourth-order valence-electron chi connectivity index (χ4n) is 1.30. The summed E-state index contributed by atoms with van der Waals surface area (Å²) in [6.45, 7) is 2.05. The Labute approximate surface area is 93.3 Å². The Bertz CT molecular complexity index is 352. The van der Waals surface area contributed by atoms with Gasteiger partial charge >= 0.3 is 0 Å². The molecule has 1 rings (SSSR count). The van der Waals surface area contributed by atoms with Crippen molar-refractivity contribution in [1.82, 2.24) is 0 Å². The van der Waals surface area contributed by atoms with Gasteiger partial charge in [0.1, 0.15) is 0 Å². The summed E-state index contributed by atoms with van der Waals surface area (Å²) in [5.74, 6) is 2.57. The summed E-state index contributed by atoms with van der Waals surface area (Å²) in [5, 5.41) is 9.75. The highest BCUT2D eigenvalue weighted by Gasteiger charge is 2.07. The van der Waals surface area contributed by atoms with Gasteiger partial charge in [-0.3, -0.25) is 0 Å². The molecule has 0 bridgehead atoms. The van der Waals surface area contributed by atoms with Crippen LogP contribution >= 0.6 is 15.9 Å². The SMILES string of the molecule is C#Cc1cc(C(O)CCC)ccc1Br. The average Bonchev–Trinajstić information content (AvgIpc) is 2.19. The summed E-state index contributed by atoms with van der Waals surface area (Å²) in [5.41, 5.74) is 1.68. The first-order valence-corrected chi connectivity index (χ1v) is 5.42. The normalized spacial score (nSPS) is 12.1. The van der Waals surface area contributed by atoms with Gasteiger partial charge in [0.05, 0.1) is 6.10 Å². The Morgan fingerprint density at radius 2 is 2.29 bits per heavy atom. The van der Waals surface area contributed by atoms with Crippen molar-refractivity contribution in [1.29, 1.82) is 0 Å². The van der Waals surface area contributed by atoms with Crippen LogP contribution in [0, 0.1) is 12.3 Å². The highest BCUT2D eigenvalue weighted by Crippen LogP contribution is 2.23. The monoisotopic (exact) mass is 252 g/mol. The van der Waals surface area contributed by atoms with Crippen LogP contribution in [0.5, 0.6) is 0 Å². The summed E-state index contributed by atoms with van der Waals surface area (Å²) < 4.78 is 0.896. The zero-order chi connectivity index (χ0) is 10.6. The molecule has 0 heterocycles. The number of aliphatic hydroxyl groups is 1. The van der Waals surface area contributed by atoms with E-state index >= 15 is 0 Å². The van der Waals surface area contributed by atoms with Gasteiger partial charge in [0.25, 0.3) is 0 Å². The van der Waals surface area contributed by atoms with Crippen LogP contribution in [0.25, 0.3) is 0 Å². The molecule has 0 saturated heterocycles. The lowest BCUT2D eigenvalue weighted by Gasteiger charge is -2.10. The molecule has 74 valence electrons. The van der Waals surface area contributed by atoms with Crippen molar-refractivity contribution in [2.45, 2.75) is 25.9 Å². The first-order chi connectivity index (χ1) is 6.69. The summed E-state index contributed by atoms with van der Waals surface area (Å²) in [7, 11) is 0. The molecule has 1 N–H and O–H groups in total. The van der Waals surface area contributed by atoms with Crippen molar-refractivity contribution in [2.75, 3.05) is 0 Å². The molecular formula is C12H13BrO. The zero-order valence-electron chi connectivity index (χ0n) is 8.13. The molecule has 0 amide bonds. The second kappa shape index (κ2) is 5.19. The van der Waals surface area contributed by atoms with Crippen LogP contribution < -0.4 is 0 Å². The van der Waals surface area contributed by atoms with Gasteiger partial charge in [0.2, 0.25) is 0 Å². The molecule has 1 aromatic rings. The minimum atomic E-state index is -0.403. The predicted octanol–water partition coefficient (Wildman–Crippen LogP) is 3.26. The zero-order valence-corrected chi connectivity index (χ0v) is 9.71. The summed E-state index contributed by atoms with van der Waals surface area (Å²) >= 11 is 3.35. The van der Waals surface area contributed by atoms with Crippen molar-refractivity contribution in [3.05, 3.63) is 33.8 Å². The first-order valence-electron chi connectivity index (χ1n) is 4.63. The number of benzene rings is 1. The van der Waals surface area contributed by atoms with E-state index in [4.69, 9.17) is 6.42 Å². The molecule has 0 aliphatic rings. The van der Waals surface area contributed by atoms with Gasteiger partial charge in [-0.25, -0.2) is 0 Å². The van der Waals surface area contributed by atoms with Crippen molar-refractivity contribution < 1.29 is 5.11 Å². The van der Waals surface area contributed by atoms with Crippen LogP contribution in [-0.4, -0.2) is 5.11 Å². The van der Waals surface area contributed by atoms with E-state index in [1.807, 2.05) is 25.1 Å². The lowest BCUT2D eigenvalue weighted by Crippen LogP contribution is -1.97. The third-order valence-corrected chi connectivity index (χ3v) is 2.78. The van der Waals surface area contributed by atoms with E-state index in [1.165, 1.54) is 0 Å². The molecule has 0 fully saturated rings. The van der Waals surface area contributed by atoms with Crippen LogP contribution in [0.1, 0.15) is 37.0 Å². The van der Waals surface area contributed by atoms with Crippen LogP contribution in [0.3, 0.4) is 0 Å². The van der Waals surface area contributed by atoms with Crippen molar-refractivity contribution in [3.8, 4) is 12.3 Å². The minimum absolute atomic E-state index is 0.403. The summed E-state index contributed by atoms with van der Waals surface area (Å²) in [6, 6.07) is 5.62. The van der Waals surface area contributed by atoms with Crippen molar-refractivity contribution in [2.24, 2.45) is 0 Å². The fraction of sp³-hybridized carbons (Fsp3) is 0.333. The summed E-state index contributed by atoms with van der Waals surface area (Å²) in [6.07, 6.45) is 6.66. The lowest BCUT2D eigenvalue weighted by atomic mass is 10.0. The van der Waals surface area contributed by atoms with Crippen molar-refractivity contribution >= 4 is 15.9 Å². The third-order valence-electron chi connectivity index (χ3n) is 2.09. The Morgan fingerprint density at radius 3 is 2.86 bits per heavy atom. The molecule has 14 heavy (non-hydrogen) atoms. The van der Waals surface area contributed by atoms with Gasteiger partial charge in [0.15, 0.2) is 0 Å². The number of halogens is 1. The molecule has 1 aromatic carbocycles. The Balaban J connectivity index is 2.95. The second-order valence-corrected chi connectivity index (χ2v) is 4.04. The molecule has 1 unspecified atom stereocenters. The maximum absolute atomic E-state index is 9.75. The highest BCUT2D eigenvalue weighted by molar-refractivity contribution is 9.10. The average molecular weight is 253 g/mol. The number of hydrogen-bond acceptors (Lipinski definition) is 1. The van der Waals surface area contributed by atoms with Crippen LogP contribution in [-0.2, 0) is 0 Å². The van der Waals surface area contributed by atoms with E-state index < -0.39 is 6.10 Å². The molecule has 1 nitrogen and oxygen atoms in total. The van der Waals surface area contributed by atoms with Gasteiger partial charge in [0, 0.05) is 10.0 Å². The Morgan fingerprint density at radius 1 is 1.57 bits per heavy atom. The standard InChI is InChI=1S/C12H13BrO/c1-3-5-12(14)10-6-7-11(13)9(4-2)8-10/h2,6-8,12,14H,3,5H2,1H3. The molecule has 0 saturated carbocycles. The quantitative estimate of drug-likeness (QED) is 0.820. The number of terminal acetylenes is 1. The fourth-order valence-corrected chi connectivity index (χ4v) is 1.66. The summed E-state index contributed by atoms with van der Waals surface area (Å²) in [4.78, 5) is 0. The number of aliphatic hydroxyl groups excluding tert-OH is 1. The van der Waals surface area contributed by atoms with Crippen LogP contribution in [0.2, 0.25) is 0 Å². The van der Waals surface area contributed by atoms with Crippen LogP contribution in [0.4, 0.5) is 0 Å². The predicted molar refractivity (Wildman–Crippen MR) is 61.9 cm³/mol. The molecule has 0 aromatic heterocycles. The minimum Gasteiger partial charge on any atom is -0.388 e. The van der Waals surface area contributed by atoms with E-state index in [9.17, 15) is 5.11 Å². The molecule has 0 aliphatic heterocycles. The first kappa shape index (κ1) is 11.3. The van der Waals surface area contributed by atoms with Gasteiger partial charge in [-0.15, -0.1) is 6.42 Å². The maximum atomic E-state index is 9.75. The van der Waals surface area contributed by atoms with E-state index in [-0.39, 0.29) is 0 Å². The molecule has 2 heteroatoms. The number of rotatable bonds is 3. The van der Waals surface area contributed by atoms with Crippen molar-refractivity contribution in [3.63, 3.8) is 0 Å². The van der Waals surface area contributed by atoms with Gasteiger partial charge in [-0.1, -0.05) is 25.3 Å². The number of hydrogen-bond donors (Lipinski definition) is 1. The van der Waals surface area contributed by atoms with E-state index in [2.05, 4.69) is 21.9 Å². The van der Waals surface area contributed by atoms with E-state index in [1.54, 1.807) is 0 Å². The highest BCUT2D eigenvalue weighted by atomic mass is 79.9. The second-order valence-electron chi connectivity index (χ2n) is 3.19. The lowest BCUT2D eigenvalue weighted by molar-refractivity contribution is 0.166. The molecule has 0 spiro atoms. The van der Waals surface area contributed by atoms with E-state index in [0.29, 0.717) is 0 Å². The Kier molecular flexibility index (Phi) is 4.19. The largest absolute Gasteiger partial charge is 0.388 e. The molecule has 0 aliphatic carbocycles. The van der Waals surface area contributed by atoms with Crippen LogP contribution in [0.15, 0.2) is 22.7 Å². The van der Waals surface area contributed by atoms with Gasteiger partial charge < -0.3 is 5.11 Å². The van der Waals surface area contributed by atoms with E-state index in [0.717, 1.165) is 28.4 Å². The molecule has 1 atom stereocenters. The third kappa shape index (κ3) is 2.60. The Hall–Kier alpha value is -0.780. The topological polar surface area (TPSA) is 20.2 Å². The smallest absolute Gasteiger partial charge is 0.0790 e.